The van der Waals surface area contributed by atoms with E-state index >= 15 is 4.39 Å². The highest BCUT2D eigenvalue weighted by Gasteiger charge is 2.54. The molecule has 0 bridgehead atoms. The summed E-state index contributed by atoms with van der Waals surface area (Å²) in [7, 11) is -22.1. The van der Waals surface area contributed by atoms with Crippen molar-refractivity contribution in [3.63, 3.8) is 0 Å². The Morgan fingerprint density at radius 1 is 0.741 bits per heavy atom. The van der Waals surface area contributed by atoms with Gasteiger partial charge in [0.25, 0.3) is 11.5 Å². The van der Waals surface area contributed by atoms with Crippen LogP contribution >= 0.6 is 31.3 Å². The molecule has 0 amide bonds. The number of aliphatic hydroxyl groups excluding tert-OH is 3. The Labute approximate surface area is 451 Å². The molecule has 6 aromatic rings. The topological polar surface area (TPSA) is 551 Å². The van der Waals surface area contributed by atoms with Crippen molar-refractivity contribution in [3.05, 3.63) is 35.7 Å². The molecular formula is C37H53FN17O22P4+. The summed E-state index contributed by atoms with van der Waals surface area (Å²) >= 11 is 0. The van der Waals surface area contributed by atoms with E-state index in [1.54, 1.807) is 0 Å². The molecule has 0 radical (unpaired) electrons. The number of fused-ring (bicyclic) bond motifs is 3. The van der Waals surface area contributed by atoms with Crippen LogP contribution in [0.4, 0.5) is 27.9 Å². The number of nitrogens with two attached hydrogens (primary N) is 4. The van der Waals surface area contributed by atoms with Crippen LogP contribution in [0.15, 0.2) is 30.1 Å². The van der Waals surface area contributed by atoms with Crippen molar-refractivity contribution < 1.29 is 108 Å². The first-order chi connectivity index (χ1) is 38.2. The van der Waals surface area contributed by atoms with Gasteiger partial charge in [-0.1, -0.05) is 4.98 Å². The van der Waals surface area contributed by atoms with Crippen LogP contribution in [0, 0.1) is 5.92 Å². The summed E-state index contributed by atoms with van der Waals surface area (Å²) in [6.07, 6.45) is -14.8. The number of aryl methyl sites for hydroxylation is 1. The molecule has 4 unspecified atom stereocenters. The van der Waals surface area contributed by atoms with E-state index in [0.29, 0.717) is 32.8 Å². The van der Waals surface area contributed by atoms with Crippen molar-refractivity contribution in [1.29, 1.82) is 0 Å². The normalized spacial score (nSPS) is 30.5. The molecule has 16 N–H and O–H groups in total. The maximum absolute atomic E-state index is 16.7. The molecule has 0 spiro atoms. The predicted octanol–water partition coefficient (Wildman–Crippen LogP) is -3.12. The lowest BCUT2D eigenvalue weighted by molar-refractivity contribution is -0.745. The van der Waals surface area contributed by atoms with Gasteiger partial charge >= 0.3 is 36.9 Å². The third kappa shape index (κ3) is 12.4. The highest BCUT2D eigenvalue weighted by atomic mass is 31.3. The molecule has 4 saturated heterocycles. The standard InChI is InChI=1S/C37H52FN17O22P4/c1-51-14-55(31-22(51)32(59)50-37(42)49-31)34-23(56)15(2-3-52-4-6-68-7-5-52)16(72-34)8-70-79(62,63)76-81(66,67)77-80(64,65)71-10-18-26(19(38)33(74-18)53-12-45-20-27(39)43-11-44-29(20)53)75-78(60,61)69-9-17-24(57)25(58)35(73-17)54-13-46-21-28(40)47-36(41)48-30(21)54/h11-19,23-26,33-35,56-58H,2-10H2,1H3,(H12-,39,40,41,42,43,44,47,48,49,50,59,60,61,62,63,64,65,66,67)/p+1/t15-,16-,17-,18-,19-,23-,24-,25-,26-,33-,34-,35-/m1/s1. The van der Waals surface area contributed by atoms with Crippen molar-refractivity contribution in [1.82, 2.24) is 58.5 Å². The molecule has 0 aromatic carbocycles. The largest absolute Gasteiger partial charge is 0.490 e. The average Bonchev–Trinajstić information content (AvgIpc) is 4.26. The van der Waals surface area contributed by atoms with Crippen LogP contribution in [-0.2, 0) is 71.0 Å². The lowest BCUT2D eigenvalue weighted by atomic mass is 9.94. The number of alkyl halides is 1. The summed E-state index contributed by atoms with van der Waals surface area (Å²) in [6, 6.07) is 0. The van der Waals surface area contributed by atoms with Gasteiger partial charge in [-0.25, -0.2) is 47.2 Å². The molecule has 10 heterocycles. The van der Waals surface area contributed by atoms with Crippen molar-refractivity contribution in [3.8, 4) is 0 Å². The quantitative estimate of drug-likeness (QED) is 0.0251. The second-order valence-corrected chi connectivity index (χ2v) is 24.7. The third-order valence-corrected chi connectivity index (χ3v) is 18.6. The van der Waals surface area contributed by atoms with Crippen LogP contribution in [0.2, 0.25) is 0 Å². The molecule has 10 rings (SSSR count). The smallest absolute Gasteiger partial charge is 0.387 e. The zero-order chi connectivity index (χ0) is 58.1. The number of halogens is 1. The van der Waals surface area contributed by atoms with Crippen LogP contribution in [0.5, 0.6) is 0 Å². The maximum Gasteiger partial charge on any atom is 0.490 e. The summed E-state index contributed by atoms with van der Waals surface area (Å²) in [6.45, 7) is -1.02. The van der Waals surface area contributed by atoms with Gasteiger partial charge in [0.2, 0.25) is 17.7 Å². The fraction of sp³-hybridized carbons (Fsp3) is 0.595. The number of anilines is 4. The predicted molar refractivity (Wildman–Crippen MR) is 264 cm³/mol. The number of hydrogen-bond donors (Lipinski definition) is 12. The van der Waals surface area contributed by atoms with E-state index in [1.807, 2.05) is 4.90 Å². The second-order valence-electron chi connectivity index (χ2n) is 18.6. The number of rotatable bonds is 21. The molecule has 44 heteroatoms. The Hall–Kier alpha value is -5.22. The first-order valence-corrected chi connectivity index (χ1v) is 29.9. The average molecular weight is 1230 g/mol. The monoisotopic (exact) mass is 1230 g/mol. The molecule has 0 saturated carbocycles. The third-order valence-electron chi connectivity index (χ3n) is 13.3. The van der Waals surface area contributed by atoms with E-state index < -0.39 is 130 Å². The lowest BCUT2D eigenvalue weighted by Gasteiger charge is -2.29. The molecule has 4 aliphatic heterocycles. The van der Waals surface area contributed by atoms with E-state index in [9.17, 15) is 57.9 Å². The number of phosphoric acid groups is 4. The van der Waals surface area contributed by atoms with E-state index in [0.717, 1.165) is 28.1 Å². The Bertz CT molecular complexity index is 3580. The van der Waals surface area contributed by atoms with Gasteiger partial charge < -0.3 is 76.8 Å². The number of aromatic nitrogens is 12. The van der Waals surface area contributed by atoms with Gasteiger partial charge in [-0.2, -0.15) is 18.6 Å². The van der Waals surface area contributed by atoms with E-state index in [2.05, 4.69) is 48.5 Å². The van der Waals surface area contributed by atoms with E-state index in [-0.39, 0.29) is 63.4 Å². The van der Waals surface area contributed by atoms with Gasteiger partial charge in [-0.05, 0) is 13.0 Å². The fourth-order valence-corrected chi connectivity index (χ4v) is 14.1. The fourth-order valence-electron chi connectivity index (χ4n) is 9.64. The number of H-pyrrole nitrogens is 1. The van der Waals surface area contributed by atoms with Gasteiger partial charge in [0.05, 0.1) is 58.8 Å². The van der Waals surface area contributed by atoms with Gasteiger partial charge in [0, 0.05) is 19.0 Å². The molecule has 444 valence electrons. The van der Waals surface area contributed by atoms with E-state index in [4.69, 9.17) is 60.0 Å². The number of nitrogens with one attached hydrogen (secondary N) is 1. The minimum Gasteiger partial charge on any atom is -0.387 e. The lowest BCUT2D eigenvalue weighted by Crippen LogP contribution is -2.45. The molecule has 4 aliphatic rings. The molecule has 0 aliphatic carbocycles. The number of ether oxygens (including phenoxy) is 4. The summed E-state index contributed by atoms with van der Waals surface area (Å²) in [5.74, 6) is -1.70. The number of hydrogen-bond acceptors (Lipinski definition) is 30. The van der Waals surface area contributed by atoms with Gasteiger partial charge in [0.15, 0.2) is 47.9 Å². The Morgan fingerprint density at radius 2 is 1.36 bits per heavy atom. The first-order valence-electron chi connectivity index (χ1n) is 23.9. The zero-order valence-electron chi connectivity index (χ0n) is 41.7. The summed E-state index contributed by atoms with van der Waals surface area (Å²) in [4.78, 5) is 87.9. The van der Waals surface area contributed by atoms with Gasteiger partial charge in [0.1, 0.15) is 54.0 Å². The van der Waals surface area contributed by atoms with Gasteiger partial charge in [-0.15, -0.1) is 0 Å². The first kappa shape index (κ1) is 59.0. The van der Waals surface area contributed by atoms with Crippen molar-refractivity contribution in [2.75, 3.05) is 75.6 Å². The number of phosphoric ester groups is 3. The van der Waals surface area contributed by atoms with Crippen LogP contribution in [0.25, 0.3) is 33.5 Å². The molecule has 6 aromatic heterocycles. The second kappa shape index (κ2) is 22.7. The van der Waals surface area contributed by atoms with Crippen LogP contribution in [-0.4, -0.2) is 195 Å². The van der Waals surface area contributed by atoms with Crippen molar-refractivity contribution >= 4 is 88.3 Å². The van der Waals surface area contributed by atoms with Gasteiger partial charge in [-0.3, -0.25) is 46.5 Å². The van der Waals surface area contributed by atoms with Crippen LogP contribution in [0.3, 0.4) is 0 Å². The van der Waals surface area contributed by atoms with E-state index in [1.165, 1.54) is 22.5 Å². The van der Waals surface area contributed by atoms with Crippen LogP contribution < -0.4 is 33.1 Å². The zero-order valence-corrected chi connectivity index (χ0v) is 45.3. The Morgan fingerprint density at radius 3 is 2.05 bits per heavy atom. The van der Waals surface area contributed by atoms with Crippen molar-refractivity contribution in [2.45, 2.75) is 74.0 Å². The minimum absolute atomic E-state index is 0.00343. The number of morpholine rings is 1. The molecule has 4 fully saturated rings. The minimum atomic E-state index is -6.23. The van der Waals surface area contributed by atoms with Crippen LogP contribution in [0.1, 0.15) is 25.1 Å². The summed E-state index contributed by atoms with van der Waals surface area (Å²) in [5.41, 5.74) is 22.5. The number of aromatic amines is 1. The Balaban J connectivity index is 0.803. The highest BCUT2D eigenvalue weighted by Crippen LogP contribution is 2.68. The molecule has 39 nitrogen and oxygen atoms in total. The highest BCUT2D eigenvalue weighted by molar-refractivity contribution is 7.66. The number of imidazole rings is 3. The summed E-state index contributed by atoms with van der Waals surface area (Å²) < 4.78 is 126. The number of aliphatic hydroxyl groups is 3. The molecular weight excluding hydrogens is 1180 g/mol. The number of nitrogen functional groups attached to an aromatic ring is 4. The molecule has 16 atom stereocenters. The SMILES string of the molecule is Cn1c[n+]([C@@H]2O[C@H](COP(=O)(O)OP(=O)(O)OP(=O)(O)OC[C@H]3O[C@@H](n4cnc5c(N)ncnc54)[C@H](F)[C@@H]3OP(=O)(O)OC[C@H]3O[C@@H](n4cnc5c(N)nc(N)nc54)[C@H](O)[C@@H]3O)[C@@H](CCN3CCOCC3)[C@H]2O)c2nc(N)[nH]c(=O)c21. The van der Waals surface area contributed by atoms with Crippen molar-refractivity contribution in [2.24, 2.45) is 13.0 Å². The summed E-state index contributed by atoms with van der Waals surface area (Å²) in [5, 5.41) is 33.4. The maximum atomic E-state index is 16.7. The Kier molecular flexibility index (Phi) is 16.6. The molecule has 81 heavy (non-hydrogen) atoms. The number of nitrogens with zero attached hydrogens (tertiary/aromatic N) is 12.